The summed E-state index contributed by atoms with van der Waals surface area (Å²) in [6.45, 7) is 3.71. The Hall–Kier alpha value is -2.52. The lowest BCUT2D eigenvalue weighted by Gasteiger charge is -2.22. The minimum atomic E-state index is 0.0490. The Bertz CT molecular complexity index is 692. The van der Waals surface area contributed by atoms with Gasteiger partial charge in [0.05, 0.1) is 5.69 Å². The number of anilines is 3. The number of alkyl halides is 1. The predicted molar refractivity (Wildman–Crippen MR) is 89.6 cm³/mol. The second kappa shape index (κ2) is 6.96. The van der Waals surface area contributed by atoms with Crippen LogP contribution < -0.4 is 16.4 Å². The van der Waals surface area contributed by atoms with Crippen LogP contribution in [0.2, 0.25) is 0 Å². The highest BCUT2D eigenvalue weighted by Gasteiger charge is 2.13. The number of rotatable bonds is 5. The van der Waals surface area contributed by atoms with Crippen molar-refractivity contribution in [2.24, 2.45) is 0 Å². The molecule has 0 saturated heterocycles. The molecule has 1 heterocycles. The Morgan fingerprint density at radius 2 is 1.91 bits per heavy atom. The summed E-state index contributed by atoms with van der Waals surface area (Å²) in [5.74, 6) is 0.701. The zero-order valence-corrected chi connectivity index (χ0v) is 13.0. The fourth-order valence-corrected chi connectivity index (χ4v) is 2.42. The lowest BCUT2D eigenvalue weighted by Crippen LogP contribution is -2.24. The van der Waals surface area contributed by atoms with Crippen molar-refractivity contribution >= 4 is 29.1 Å². The lowest BCUT2D eigenvalue weighted by molar-refractivity contribution is 0.870. The largest absolute Gasteiger partial charge is 0.382 e. The minimum Gasteiger partial charge on any atom is -0.382 e. The van der Waals surface area contributed by atoms with E-state index in [-0.39, 0.29) is 17.3 Å². The van der Waals surface area contributed by atoms with Crippen LogP contribution in [0.5, 0.6) is 0 Å². The van der Waals surface area contributed by atoms with Gasteiger partial charge in [0.15, 0.2) is 0 Å². The Morgan fingerprint density at radius 3 is 2.45 bits per heavy atom. The summed E-state index contributed by atoms with van der Waals surface area (Å²) in [5.41, 5.74) is 13.9. The maximum absolute atomic E-state index is 9.23. The normalized spacial score (nSPS) is 10.2. The molecule has 22 heavy (non-hydrogen) atoms. The van der Waals surface area contributed by atoms with Crippen LogP contribution in [0.25, 0.3) is 11.3 Å². The van der Waals surface area contributed by atoms with Crippen LogP contribution in [0.3, 0.4) is 0 Å². The van der Waals surface area contributed by atoms with Gasteiger partial charge in [-0.3, -0.25) is 0 Å². The van der Waals surface area contributed by atoms with Crippen molar-refractivity contribution in [2.45, 2.75) is 6.92 Å². The first-order valence-corrected chi connectivity index (χ1v) is 7.38. The molecule has 2 rings (SSSR count). The number of hydrogen-bond acceptors (Lipinski definition) is 6. The average Bonchev–Trinajstić information content (AvgIpc) is 2.52. The second-order valence-corrected chi connectivity index (χ2v) is 5.00. The molecule has 7 heteroatoms. The molecule has 0 amide bonds. The molecule has 0 radical (unpaired) electrons. The number of nitrogens with zero attached hydrogens (tertiary/aromatic N) is 4. The summed E-state index contributed by atoms with van der Waals surface area (Å²) < 4.78 is 0. The third-order valence-corrected chi connectivity index (χ3v) is 3.48. The van der Waals surface area contributed by atoms with Gasteiger partial charge in [0.1, 0.15) is 17.5 Å². The van der Waals surface area contributed by atoms with Gasteiger partial charge in [-0.2, -0.15) is 10.2 Å². The second-order valence-electron chi connectivity index (χ2n) is 4.62. The Balaban J connectivity index is 2.41. The molecule has 0 spiro atoms. The molecule has 4 N–H and O–H groups in total. The van der Waals surface area contributed by atoms with Crippen LogP contribution in [0, 0.1) is 11.3 Å². The van der Waals surface area contributed by atoms with E-state index in [1.165, 1.54) is 0 Å². The highest BCUT2D eigenvalue weighted by molar-refractivity contribution is 6.18. The molecule has 2 aromatic rings. The van der Waals surface area contributed by atoms with E-state index in [4.69, 9.17) is 23.1 Å². The standard InChI is InChI=1S/C15H17ClN6/c1-2-22(8-7-16)11-5-3-10(4-6-11)13-12(9-17)14(18)21-15(19)20-13/h3-6H,2,7-8H2,1H3,(H4,18,19,20,21). The van der Waals surface area contributed by atoms with Gasteiger partial charge in [0.25, 0.3) is 0 Å². The van der Waals surface area contributed by atoms with Crippen molar-refractivity contribution in [1.29, 1.82) is 5.26 Å². The highest BCUT2D eigenvalue weighted by atomic mass is 35.5. The molecular formula is C15H17ClN6. The van der Waals surface area contributed by atoms with E-state index in [1.807, 2.05) is 30.3 Å². The van der Waals surface area contributed by atoms with Gasteiger partial charge in [-0.25, -0.2) is 4.98 Å². The monoisotopic (exact) mass is 316 g/mol. The van der Waals surface area contributed by atoms with Crippen molar-refractivity contribution in [2.75, 3.05) is 35.3 Å². The quantitative estimate of drug-likeness (QED) is 0.820. The predicted octanol–water partition coefficient (Wildman–Crippen LogP) is 2.24. The molecule has 0 aliphatic heterocycles. The molecule has 1 aromatic carbocycles. The number of nitriles is 1. The van der Waals surface area contributed by atoms with Gasteiger partial charge < -0.3 is 16.4 Å². The summed E-state index contributed by atoms with van der Waals surface area (Å²) in [4.78, 5) is 10.1. The average molecular weight is 317 g/mol. The summed E-state index contributed by atoms with van der Waals surface area (Å²) >= 11 is 5.80. The van der Waals surface area contributed by atoms with Crippen LogP contribution in [-0.2, 0) is 0 Å². The van der Waals surface area contributed by atoms with Crippen LogP contribution in [0.15, 0.2) is 24.3 Å². The van der Waals surface area contributed by atoms with E-state index in [9.17, 15) is 5.26 Å². The van der Waals surface area contributed by atoms with Crippen molar-refractivity contribution in [3.8, 4) is 17.3 Å². The Kier molecular flexibility index (Phi) is 5.02. The van der Waals surface area contributed by atoms with Crippen LogP contribution >= 0.6 is 11.6 Å². The maximum atomic E-state index is 9.23. The summed E-state index contributed by atoms with van der Waals surface area (Å²) in [5, 5.41) is 9.23. The number of nitrogens with two attached hydrogens (primary N) is 2. The SMILES string of the molecule is CCN(CCCl)c1ccc(-c2nc(N)nc(N)c2C#N)cc1. The molecule has 0 bridgehead atoms. The number of aromatic nitrogens is 2. The van der Waals surface area contributed by atoms with Crippen molar-refractivity contribution in [3.05, 3.63) is 29.8 Å². The van der Waals surface area contributed by atoms with Crippen molar-refractivity contribution in [3.63, 3.8) is 0 Å². The van der Waals surface area contributed by atoms with E-state index in [2.05, 4.69) is 21.8 Å². The molecule has 1 aromatic heterocycles. The first-order valence-electron chi connectivity index (χ1n) is 6.85. The van der Waals surface area contributed by atoms with E-state index < -0.39 is 0 Å². The van der Waals surface area contributed by atoms with Gasteiger partial charge in [-0.05, 0) is 19.1 Å². The number of nitrogen functional groups attached to an aromatic ring is 2. The third-order valence-electron chi connectivity index (χ3n) is 3.31. The fourth-order valence-electron chi connectivity index (χ4n) is 2.22. The molecule has 0 unspecified atom stereocenters. The molecule has 114 valence electrons. The van der Waals surface area contributed by atoms with Crippen LogP contribution in [-0.4, -0.2) is 28.9 Å². The van der Waals surface area contributed by atoms with E-state index >= 15 is 0 Å². The zero-order chi connectivity index (χ0) is 16.1. The van der Waals surface area contributed by atoms with Gasteiger partial charge in [-0.1, -0.05) is 12.1 Å². The number of benzene rings is 1. The smallest absolute Gasteiger partial charge is 0.222 e. The fraction of sp³-hybridized carbons (Fsp3) is 0.267. The first kappa shape index (κ1) is 15.9. The number of hydrogen-bond donors (Lipinski definition) is 2. The number of halogens is 1. The van der Waals surface area contributed by atoms with Gasteiger partial charge >= 0.3 is 0 Å². The molecule has 0 aliphatic rings. The summed E-state index contributed by atoms with van der Waals surface area (Å²) in [6, 6.07) is 9.71. The Morgan fingerprint density at radius 1 is 1.23 bits per heavy atom. The van der Waals surface area contributed by atoms with E-state index in [1.54, 1.807) is 0 Å². The molecule has 0 atom stereocenters. The topological polar surface area (TPSA) is 105 Å². The summed E-state index contributed by atoms with van der Waals surface area (Å²) in [6.07, 6.45) is 0. The Labute approximate surface area is 134 Å². The van der Waals surface area contributed by atoms with Crippen LogP contribution in [0.4, 0.5) is 17.5 Å². The summed E-state index contributed by atoms with van der Waals surface area (Å²) in [7, 11) is 0. The van der Waals surface area contributed by atoms with Gasteiger partial charge in [-0.15, -0.1) is 11.6 Å². The van der Waals surface area contributed by atoms with Crippen LogP contribution in [0.1, 0.15) is 12.5 Å². The van der Waals surface area contributed by atoms with Crippen molar-refractivity contribution < 1.29 is 0 Å². The molecule has 0 aliphatic carbocycles. The highest BCUT2D eigenvalue weighted by Crippen LogP contribution is 2.27. The van der Waals surface area contributed by atoms with E-state index in [0.717, 1.165) is 24.3 Å². The lowest BCUT2D eigenvalue weighted by atomic mass is 10.1. The third kappa shape index (κ3) is 3.21. The minimum absolute atomic E-state index is 0.0490. The molecule has 0 saturated carbocycles. The van der Waals surface area contributed by atoms with Gasteiger partial charge in [0.2, 0.25) is 5.95 Å². The first-order chi connectivity index (χ1) is 10.6. The van der Waals surface area contributed by atoms with Gasteiger partial charge in [0, 0.05) is 30.2 Å². The molecular weight excluding hydrogens is 300 g/mol. The van der Waals surface area contributed by atoms with Crippen molar-refractivity contribution in [1.82, 2.24) is 9.97 Å². The zero-order valence-electron chi connectivity index (χ0n) is 12.3. The molecule has 6 nitrogen and oxygen atoms in total. The maximum Gasteiger partial charge on any atom is 0.222 e. The van der Waals surface area contributed by atoms with E-state index in [0.29, 0.717) is 11.6 Å². The molecule has 0 fully saturated rings.